The molecule has 3 aromatic carbocycles. The summed E-state index contributed by atoms with van der Waals surface area (Å²) in [6.07, 6.45) is 0.473. The summed E-state index contributed by atoms with van der Waals surface area (Å²) >= 11 is 0. The maximum Gasteiger partial charge on any atom is 0.309 e. The molecule has 0 saturated carbocycles. The van der Waals surface area contributed by atoms with Gasteiger partial charge in [0.25, 0.3) is 5.91 Å². The van der Waals surface area contributed by atoms with Gasteiger partial charge < -0.3 is 25.2 Å². The largest absolute Gasteiger partial charge is 0.469 e. The number of benzene rings is 3. The van der Waals surface area contributed by atoms with Crippen LogP contribution >= 0.6 is 0 Å². The van der Waals surface area contributed by atoms with Crippen LogP contribution in [0.2, 0.25) is 0 Å². The SMILES string of the molecule is COC(=O)Cc1cccc(C(Nc2ccc(N(C)C(=O)CCN(C)C)cc2)=C2C(=O)Nc3cc(F)ccc32)c1. The van der Waals surface area contributed by atoms with Crippen LogP contribution in [0.4, 0.5) is 21.5 Å². The van der Waals surface area contributed by atoms with E-state index < -0.39 is 5.82 Å². The molecular formula is C30H31FN4O4. The lowest BCUT2D eigenvalue weighted by Gasteiger charge is -2.20. The molecule has 1 aliphatic rings. The fourth-order valence-electron chi connectivity index (χ4n) is 4.29. The van der Waals surface area contributed by atoms with E-state index in [4.69, 9.17) is 4.74 Å². The van der Waals surface area contributed by atoms with Crippen molar-refractivity contribution >= 4 is 46.1 Å². The fourth-order valence-corrected chi connectivity index (χ4v) is 4.29. The predicted octanol–water partition coefficient (Wildman–Crippen LogP) is 4.39. The molecule has 0 aliphatic carbocycles. The number of hydrogen-bond donors (Lipinski definition) is 2. The number of fused-ring (bicyclic) bond motifs is 1. The average molecular weight is 531 g/mol. The summed E-state index contributed by atoms with van der Waals surface area (Å²) in [7, 11) is 6.91. The Bertz CT molecular complexity index is 1430. The molecule has 0 radical (unpaired) electrons. The van der Waals surface area contributed by atoms with E-state index in [1.54, 1.807) is 30.1 Å². The maximum absolute atomic E-state index is 13.9. The van der Waals surface area contributed by atoms with E-state index in [1.807, 2.05) is 55.4 Å². The molecule has 2 N–H and O–H groups in total. The third kappa shape index (κ3) is 6.50. The molecule has 0 spiro atoms. The molecule has 3 aromatic rings. The van der Waals surface area contributed by atoms with Crippen LogP contribution in [0.15, 0.2) is 66.7 Å². The molecule has 0 fully saturated rings. The highest BCUT2D eigenvalue weighted by atomic mass is 19.1. The predicted molar refractivity (Wildman–Crippen MR) is 151 cm³/mol. The number of carbonyl (C=O) groups excluding carboxylic acids is 3. The number of rotatable bonds is 9. The molecule has 0 atom stereocenters. The van der Waals surface area contributed by atoms with Crippen molar-refractivity contribution in [3.8, 4) is 0 Å². The molecule has 1 heterocycles. The molecule has 0 bridgehead atoms. The average Bonchev–Trinajstić information content (AvgIpc) is 3.24. The summed E-state index contributed by atoms with van der Waals surface area (Å²) in [5.74, 6) is -1.21. The number of ether oxygens (including phenoxy) is 1. The normalized spacial score (nSPS) is 13.5. The Balaban J connectivity index is 1.71. The van der Waals surface area contributed by atoms with Crippen molar-refractivity contribution in [3.63, 3.8) is 0 Å². The lowest BCUT2D eigenvalue weighted by Crippen LogP contribution is -2.29. The summed E-state index contributed by atoms with van der Waals surface area (Å²) in [5.41, 5.74) is 4.57. The van der Waals surface area contributed by atoms with Gasteiger partial charge in [0, 0.05) is 37.0 Å². The van der Waals surface area contributed by atoms with Gasteiger partial charge >= 0.3 is 5.97 Å². The standard InChI is InChI=1S/C30H31FN4O4/c1-34(2)15-14-26(36)35(3)23-11-9-22(10-12-23)32-29(20-7-5-6-19(16-20)17-27(37)39-4)28-24-13-8-21(31)18-25(24)33-30(28)38/h5-13,16,18,32H,14-15,17H2,1-4H3,(H,33,38). The second-order valence-electron chi connectivity index (χ2n) is 9.53. The Hall–Kier alpha value is -4.50. The van der Waals surface area contributed by atoms with Crippen molar-refractivity contribution in [2.24, 2.45) is 0 Å². The van der Waals surface area contributed by atoms with Crippen LogP contribution in [-0.2, 0) is 25.5 Å². The van der Waals surface area contributed by atoms with Crippen molar-refractivity contribution in [1.82, 2.24) is 4.90 Å². The van der Waals surface area contributed by atoms with Crippen LogP contribution in [0.1, 0.15) is 23.1 Å². The smallest absolute Gasteiger partial charge is 0.309 e. The van der Waals surface area contributed by atoms with Gasteiger partial charge in [0.05, 0.1) is 30.5 Å². The van der Waals surface area contributed by atoms with Crippen molar-refractivity contribution in [3.05, 3.63) is 89.2 Å². The van der Waals surface area contributed by atoms with E-state index in [2.05, 4.69) is 10.6 Å². The minimum Gasteiger partial charge on any atom is -0.469 e. The van der Waals surface area contributed by atoms with E-state index in [0.29, 0.717) is 52.3 Å². The fraction of sp³-hybridized carbons (Fsp3) is 0.233. The molecule has 0 unspecified atom stereocenters. The first-order valence-electron chi connectivity index (χ1n) is 12.5. The van der Waals surface area contributed by atoms with Gasteiger partial charge in [0.2, 0.25) is 5.91 Å². The van der Waals surface area contributed by atoms with Crippen LogP contribution < -0.4 is 15.5 Å². The zero-order chi connectivity index (χ0) is 28.1. The number of hydrogen-bond acceptors (Lipinski definition) is 6. The van der Waals surface area contributed by atoms with Crippen LogP contribution in [0.3, 0.4) is 0 Å². The lowest BCUT2D eigenvalue weighted by atomic mass is 9.98. The number of esters is 1. The number of anilines is 3. The molecular weight excluding hydrogens is 499 g/mol. The second-order valence-corrected chi connectivity index (χ2v) is 9.53. The lowest BCUT2D eigenvalue weighted by molar-refractivity contribution is -0.139. The molecule has 4 rings (SSSR count). The molecule has 9 heteroatoms. The van der Waals surface area contributed by atoms with E-state index >= 15 is 0 Å². The van der Waals surface area contributed by atoms with Crippen molar-refractivity contribution in [2.45, 2.75) is 12.8 Å². The second kappa shape index (κ2) is 11.9. The molecule has 202 valence electrons. The van der Waals surface area contributed by atoms with Gasteiger partial charge in [0.15, 0.2) is 0 Å². The van der Waals surface area contributed by atoms with Gasteiger partial charge in [-0.3, -0.25) is 14.4 Å². The van der Waals surface area contributed by atoms with Crippen molar-refractivity contribution in [2.75, 3.05) is 50.3 Å². The van der Waals surface area contributed by atoms with Crippen LogP contribution in [0, 0.1) is 5.82 Å². The zero-order valence-corrected chi connectivity index (χ0v) is 22.4. The van der Waals surface area contributed by atoms with Crippen LogP contribution in [0.5, 0.6) is 0 Å². The minimum absolute atomic E-state index is 0.00102. The van der Waals surface area contributed by atoms with Crippen molar-refractivity contribution in [1.29, 1.82) is 0 Å². The Morgan fingerprint density at radius 2 is 1.74 bits per heavy atom. The maximum atomic E-state index is 13.9. The molecule has 2 amide bonds. The van der Waals surface area contributed by atoms with Gasteiger partial charge in [-0.15, -0.1) is 0 Å². The number of halogens is 1. The first-order valence-corrected chi connectivity index (χ1v) is 12.5. The number of methoxy groups -OCH3 is 1. The highest BCUT2D eigenvalue weighted by Crippen LogP contribution is 2.38. The molecule has 39 heavy (non-hydrogen) atoms. The summed E-state index contributed by atoms with van der Waals surface area (Å²) in [4.78, 5) is 41.1. The zero-order valence-electron chi connectivity index (χ0n) is 22.4. The number of amides is 2. The number of carbonyl (C=O) groups is 3. The van der Waals surface area contributed by atoms with Crippen LogP contribution in [0.25, 0.3) is 11.3 Å². The Morgan fingerprint density at radius 3 is 2.44 bits per heavy atom. The van der Waals surface area contributed by atoms with E-state index in [-0.39, 0.29) is 24.2 Å². The summed E-state index contributed by atoms with van der Waals surface area (Å²) in [6.45, 7) is 0.655. The van der Waals surface area contributed by atoms with Crippen molar-refractivity contribution < 1.29 is 23.5 Å². The minimum atomic E-state index is -0.454. The Kier molecular flexibility index (Phi) is 8.41. The molecule has 8 nitrogen and oxygen atoms in total. The van der Waals surface area contributed by atoms with Gasteiger partial charge in [0.1, 0.15) is 5.82 Å². The first kappa shape index (κ1) is 27.5. The van der Waals surface area contributed by atoms with Gasteiger partial charge in [-0.25, -0.2) is 4.39 Å². The van der Waals surface area contributed by atoms with E-state index in [9.17, 15) is 18.8 Å². The Labute approximate surface area is 227 Å². The van der Waals surface area contributed by atoms with E-state index in [1.165, 1.54) is 19.2 Å². The molecule has 0 saturated heterocycles. The highest BCUT2D eigenvalue weighted by molar-refractivity contribution is 6.37. The van der Waals surface area contributed by atoms with Gasteiger partial charge in [-0.05, 0) is 73.8 Å². The van der Waals surface area contributed by atoms with Gasteiger partial charge in [-0.1, -0.05) is 18.2 Å². The van der Waals surface area contributed by atoms with Crippen LogP contribution in [-0.4, -0.2) is 57.5 Å². The number of nitrogens with one attached hydrogen (secondary N) is 2. The quantitative estimate of drug-likeness (QED) is 0.315. The third-order valence-electron chi connectivity index (χ3n) is 6.44. The summed E-state index contributed by atoms with van der Waals surface area (Å²) in [6, 6.07) is 18.7. The molecule has 1 aliphatic heterocycles. The van der Waals surface area contributed by atoms with Gasteiger partial charge in [-0.2, -0.15) is 0 Å². The first-order chi connectivity index (χ1) is 18.7. The summed E-state index contributed by atoms with van der Waals surface area (Å²) in [5, 5.41) is 6.09. The third-order valence-corrected chi connectivity index (χ3v) is 6.44. The Morgan fingerprint density at radius 1 is 1.00 bits per heavy atom. The topological polar surface area (TPSA) is 91.0 Å². The van der Waals surface area contributed by atoms with E-state index in [0.717, 1.165) is 5.69 Å². The monoisotopic (exact) mass is 530 g/mol. The highest BCUT2D eigenvalue weighted by Gasteiger charge is 2.29. The molecule has 0 aromatic heterocycles. The summed E-state index contributed by atoms with van der Waals surface area (Å²) < 4.78 is 18.7. The number of nitrogens with zero attached hydrogens (tertiary/aromatic N) is 2.